The zero-order valence-corrected chi connectivity index (χ0v) is 11.6. The first-order chi connectivity index (χ1) is 9.03. The first kappa shape index (κ1) is 13.9. The molecule has 0 bridgehead atoms. The number of ether oxygens (including phenoxy) is 1. The van der Waals surface area contributed by atoms with Crippen LogP contribution in [0.1, 0.15) is 18.4 Å². The van der Waals surface area contributed by atoms with E-state index in [2.05, 4.69) is 6.07 Å². The molecule has 1 heterocycles. The maximum absolute atomic E-state index is 11.6. The number of hydrogen-bond donors (Lipinski definition) is 1. The fourth-order valence-corrected chi connectivity index (χ4v) is 2.62. The smallest absolute Gasteiger partial charge is 0.313 e. The largest absolute Gasteiger partial charge is 0.481 e. The Morgan fingerprint density at radius 2 is 2.32 bits per heavy atom. The first-order valence-electron chi connectivity index (χ1n) is 6.62. The van der Waals surface area contributed by atoms with E-state index in [0.717, 1.165) is 12.1 Å². The normalized spacial score (nSPS) is 23.1. The summed E-state index contributed by atoms with van der Waals surface area (Å²) < 4.78 is 5.40. The second kappa shape index (κ2) is 5.61. The summed E-state index contributed by atoms with van der Waals surface area (Å²) in [5.41, 5.74) is 1.44. The number of carboxylic acid groups (broad SMARTS) is 1. The van der Waals surface area contributed by atoms with Gasteiger partial charge in [-0.3, -0.25) is 4.79 Å². The van der Waals surface area contributed by atoms with Crippen LogP contribution in [-0.2, 0) is 9.53 Å². The maximum atomic E-state index is 11.6. The lowest BCUT2D eigenvalue weighted by molar-refractivity contribution is -0.156. The highest BCUT2D eigenvalue weighted by atomic mass is 16.5. The van der Waals surface area contributed by atoms with E-state index in [4.69, 9.17) is 4.74 Å². The van der Waals surface area contributed by atoms with Crippen LogP contribution in [0.3, 0.4) is 0 Å². The van der Waals surface area contributed by atoms with Crippen molar-refractivity contribution < 1.29 is 14.6 Å². The number of anilines is 1. The number of hydrogen-bond acceptors (Lipinski definition) is 3. The molecule has 1 aromatic carbocycles. The fraction of sp³-hybridized carbons (Fsp3) is 0.533. The number of nitrogens with zero attached hydrogens (tertiary/aromatic N) is 1. The Morgan fingerprint density at radius 3 is 2.89 bits per heavy atom. The average molecular weight is 263 g/mol. The molecule has 1 fully saturated rings. The number of aryl methyl sites for hydroxylation is 1. The van der Waals surface area contributed by atoms with Crippen molar-refractivity contribution >= 4 is 11.7 Å². The van der Waals surface area contributed by atoms with E-state index in [1.807, 2.05) is 37.1 Å². The van der Waals surface area contributed by atoms with Crippen LogP contribution in [0, 0.1) is 12.3 Å². The predicted molar refractivity (Wildman–Crippen MR) is 74.6 cm³/mol. The molecular weight excluding hydrogens is 242 g/mol. The molecular formula is C15H21NO3. The topological polar surface area (TPSA) is 49.8 Å². The lowest BCUT2D eigenvalue weighted by Gasteiger charge is -2.37. The third kappa shape index (κ3) is 3.07. The average Bonchev–Trinajstić information content (AvgIpc) is 2.39. The van der Waals surface area contributed by atoms with Crippen LogP contribution in [0.4, 0.5) is 5.69 Å². The van der Waals surface area contributed by atoms with Gasteiger partial charge in [-0.05, 0) is 37.5 Å². The standard InChI is InChI=1S/C15H21NO3/c1-12-5-3-6-13(9-12)16(2)10-15(14(17)18)7-4-8-19-11-15/h3,5-6,9H,4,7-8,10-11H2,1-2H3,(H,17,18). The van der Waals surface area contributed by atoms with Crippen LogP contribution >= 0.6 is 0 Å². The molecule has 104 valence electrons. The third-order valence-corrected chi connectivity index (χ3v) is 3.76. The minimum atomic E-state index is -0.781. The number of carbonyl (C=O) groups is 1. The molecule has 0 aromatic heterocycles. The summed E-state index contributed by atoms with van der Waals surface area (Å²) in [6, 6.07) is 8.10. The Hall–Kier alpha value is -1.55. The van der Waals surface area contributed by atoms with E-state index in [1.54, 1.807) is 0 Å². The Bertz CT molecular complexity index is 452. The van der Waals surface area contributed by atoms with Gasteiger partial charge in [0, 0.05) is 25.9 Å². The zero-order valence-electron chi connectivity index (χ0n) is 11.6. The molecule has 1 aliphatic rings. The van der Waals surface area contributed by atoms with Gasteiger partial charge >= 0.3 is 5.97 Å². The highest BCUT2D eigenvalue weighted by Gasteiger charge is 2.41. The van der Waals surface area contributed by atoms with E-state index < -0.39 is 11.4 Å². The molecule has 1 aromatic rings. The molecule has 0 saturated carbocycles. The van der Waals surface area contributed by atoms with Gasteiger partial charge in [0.05, 0.1) is 6.61 Å². The van der Waals surface area contributed by atoms with Crippen LogP contribution in [0.2, 0.25) is 0 Å². The third-order valence-electron chi connectivity index (χ3n) is 3.76. The molecule has 0 spiro atoms. The first-order valence-corrected chi connectivity index (χ1v) is 6.62. The van der Waals surface area contributed by atoms with Gasteiger partial charge in [-0.1, -0.05) is 12.1 Å². The highest BCUT2D eigenvalue weighted by molar-refractivity contribution is 5.76. The number of benzene rings is 1. The van der Waals surface area contributed by atoms with E-state index >= 15 is 0 Å². The monoisotopic (exact) mass is 263 g/mol. The molecule has 4 nitrogen and oxygen atoms in total. The van der Waals surface area contributed by atoms with Gasteiger partial charge in [-0.2, -0.15) is 0 Å². The van der Waals surface area contributed by atoms with Crippen LogP contribution in [0.15, 0.2) is 24.3 Å². The van der Waals surface area contributed by atoms with Crippen molar-refractivity contribution in [2.45, 2.75) is 19.8 Å². The summed E-state index contributed by atoms with van der Waals surface area (Å²) in [4.78, 5) is 13.6. The van der Waals surface area contributed by atoms with Gasteiger partial charge in [0.2, 0.25) is 0 Å². The summed E-state index contributed by atoms with van der Waals surface area (Å²) in [6.07, 6.45) is 1.49. The number of aliphatic carboxylic acids is 1. The molecule has 0 amide bonds. The van der Waals surface area contributed by atoms with E-state index in [9.17, 15) is 9.90 Å². The van der Waals surface area contributed by atoms with Crippen molar-refractivity contribution in [2.24, 2.45) is 5.41 Å². The van der Waals surface area contributed by atoms with Crippen molar-refractivity contribution in [1.29, 1.82) is 0 Å². The molecule has 4 heteroatoms. The zero-order chi connectivity index (χ0) is 13.9. The van der Waals surface area contributed by atoms with Gasteiger partial charge in [-0.15, -0.1) is 0 Å². The fourth-order valence-electron chi connectivity index (χ4n) is 2.62. The van der Waals surface area contributed by atoms with Crippen molar-refractivity contribution in [3.05, 3.63) is 29.8 Å². The Morgan fingerprint density at radius 1 is 1.53 bits per heavy atom. The van der Waals surface area contributed by atoms with E-state index in [1.165, 1.54) is 5.56 Å². The SMILES string of the molecule is Cc1cccc(N(C)CC2(C(=O)O)CCCOC2)c1. The highest BCUT2D eigenvalue weighted by Crippen LogP contribution is 2.31. The summed E-state index contributed by atoms with van der Waals surface area (Å²) in [7, 11) is 1.94. The summed E-state index contributed by atoms with van der Waals surface area (Å²) in [6.45, 7) is 3.49. The maximum Gasteiger partial charge on any atom is 0.313 e. The molecule has 1 atom stereocenters. The van der Waals surface area contributed by atoms with Crippen LogP contribution in [-0.4, -0.2) is 37.9 Å². The van der Waals surface area contributed by atoms with Crippen LogP contribution < -0.4 is 4.90 Å². The van der Waals surface area contributed by atoms with Crippen LogP contribution in [0.5, 0.6) is 0 Å². The van der Waals surface area contributed by atoms with Gasteiger partial charge in [-0.25, -0.2) is 0 Å². The lowest BCUT2D eigenvalue weighted by Crippen LogP contribution is -2.47. The van der Waals surface area contributed by atoms with Crippen molar-refractivity contribution in [1.82, 2.24) is 0 Å². The summed E-state index contributed by atoms with van der Waals surface area (Å²) >= 11 is 0. The molecule has 19 heavy (non-hydrogen) atoms. The van der Waals surface area contributed by atoms with E-state index in [0.29, 0.717) is 26.2 Å². The molecule has 1 unspecified atom stereocenters. The van der Waals surface area contributed by atoms with Crippen molar-refractivity contribution in [3.63, 3.8) is 0 Å². The Balaban J connectivity index is 2.15. The van der Waals surface area contributed by atoms with Crippen molar-refractivity contribution in [3.8, 4) is 0 Å². The Kier molecular flexibility index (Phi) is 4.10. The molecule has 0 aliphatic carbocycles. The molecule has 2 rings (SSSR count). The quantitative estimate of drug-likeness (QED) is 0.905. The Labute approximate surface area is 114 Å². The minimum absolute atomic E-state index is 0.304. The lowest BCUT2D eigenvalue weighted by atomic mass is 9.82. The number of carboxylic acids is 1. The van der Waals surface area contributed by atoms with Gasteiger partial charge < -0.3 is 14.7 Å². The molecule has 1 N–H and O–H groups in total. The summed E-state index contributed by atoms with van der Waals surface area (Å²) in [5, 5.41) is 9.53. The number of rotatable bonds is 4. The van der Waals surface area contributed by atoms with Gasteiger partial charge in [0.15, 0.2) is 0 Å². The summed E-state index contributed by atoms with van der Waals surface area (Å²) in [5.74, 6) is -0.758. The molecule has 1 saturated heterocycles. The molecule has 0 radical (unpaired) electrons. The van der Waals surface area contributed by atoms with Gasteiger partial charge in [0.1, 0.15) is 5.41 Å². The molecule has 1 aliphatic heterocycles. The van der Waals surface area contributed by atoms with Gasteiger partial charge in [0.25, 0.3) is 0 Å². The van der Waals surface area contributed by atoms with E-state index in [-0.39, 0.29) is 0 Å². The van der Waals surface area contributed by atoms with Crippen LogP contribution in [0.25, 0.3) is 0 Å². The minimum Gasteiger partial charge on any atom is -0.481 e. The second-order valence-corrected chi connectivity index (χ2v) is 5.44. The predicted octanol–water partition coefficient (Wildman–Crippen LogP) is 2.31. The van der Waals surface area contributed by atoms with Crippen molar-refractivity contribution in [2.75, 3.05) is 31.7 Å². The second-order valence-electron chi connectivity index (χ2n) is 5.44.